The van der Waals surface area contributed by atoms with Crippen LogP contribution >= 0.6 is 11.8 Å². The third kappa shape index (κ3) is 5.83. The summed E-state index contributed by atoms with van der Waals surface area (Å²) in [6, 6.07) is 19.4. The molecule has 3 rings (SSSR count). The van der Waals surface area contributed by atoms with Crippen LogP contribution in [0, 0.1) is 10.1 Å². The zero-order chi connectivity index (χ0) is 22.4. The van der Waals surface area contributed by atoms with E-state index in [2.05, 4.69) is 5.32 Å². The molecule has 158 valence electrons. The summed E-state index contributed by atoms with van der Waals surface area (Å²) in [7, 11) is 3.33. The number of nitrogens with one attached hydrogen (secondary N) is 1. The zero-order valence-electron chi connectivity index (χ0n) is 16.8. The molecule has 0 aliphatic rings. The summed E-state index contributed by atoms with van der Waals surface area (Å²) >= 11 is 1.06. The first kappa shape index (κ1) is 21.8. The summed E-state index contributed by atoms with van der Waals surface area (Å²) in [4.78, 5) is 37.5. The van der Waals surface area contributed by atoms with Crippen LogP contribution < -0.4 is 10.1 Å². The van der Waals surface area contributed by atoms with Crippen molar-refractivity contribution in [3.05, 3.63) is 88.5 Å². The lowest BCUT2D eigenvalue weighted by molar-refractivity contribution is -0.384. The van der Waals surface area contributed by atoms with Crippen LogP contribution in [-0.2, 0) is 0 Å². The number of nitro groups is 1. The van der Waals surface area contributed by atoms with Gasteiger partial charge >= 0.3 is 0 Å². The Morgan fingerprint density at radius 1 is 1.00 bits per heavy atom. The highest BCUT2D eigenvalue weighted by molar-refractivity contribution is 8.13. The Labute approximate surface area is 183 Å². The second-order valence-corrected chi connectivity index (χ2v) is 7.62. The van der Waals surface area contributed by atoms with Gasteiger partial charge in [0.25, 0.3) is 16.8 Å². The molecule has 0 spiro atoms. The van der Waals surface area contributed by atoms with Gasteiger partial charge in [-0.2, -0.15) is 0 Å². The fourth-order valence-corrected chi connectivity index (χ4v) is 3.17. The van der Waals surface area contributed by atoms with Crippen molar-refractivity contribution >= 4 is 34.3 Å². The Bertz CT molecular complexity index is 1100. The van der Waals surface area contributed by atoms with Crippen molar-refractivity contribution in [2.75, 3.05) is 19.4 Å². The van der Waals surface area contributed by atoms with Crippen LogP contribution in [0.15, 0.2) is 77.7 Å². The molecular formula is C22H19N3O5S. The molecule has 3 aromatic carbocycles. The van der Waals surface area contributed by atoms with Gasteiger partial charge in [0.2, 0.25) is 0 Å². The van der Waals surface area contributed by atoms with Crippen molar-refractivity contribution in [3.8, 4) is 11.5 Å². The van der Waals surface area contributed by atoms with Crippen molar-refractivity contribution in [2.24, 2.45) is 0 Å². The summed E-state index contributed by atoms with van der Waals surface area (Å²) < 4.78 is 5.76. The number of thioether (sulfide) groups is 1. The number of carbonyl (C=O) groups is 2. The topological polar surface area (TPSA) is 102 Å². The van der Waals surface area contributed by atoms with E-state index in [0.717, 1.165) is 16.7 Å². The molecule has 0 saturated heterocycles. The second-order valence-electron chi connectivity index (χ2n) is 6.59. The summed E-state index contributed by atoms with van der Waals surface area (Å²) in [5.41, 5.74) is 0.280. The summed E-state index contributed by atoms with van der Waals surface area (Å²) in [6.07, 6.45) is 0. The molecule has 0 unspecified atom stereocenters. The van der Waals surface area contributed by atoms with Crippen LogP contribution in [0.25, 0.3) is 0 Å². The number of hydrogen-bond acceptors (Lipinski definition) is 6. The molecule has 9 heteroatoms. The van der Waals surface area contributed by atoms with Gasteiger partial charge in [-0.1, -0.05) is 18.2 Å². The maximum Gasteiger partial charge on any atom is 0.285 e. The lowest BCUT2D eigenvalue weighted by atomic mass is 10.1. The first-order valence-electron chi connectivity index (χ1n) is 9.15. The minimum absolute atomic E-state index is 0.0271. The second kappa shape index (κ2) is 9.77. The van der Waals surface area contributed by atoms with E-state index >= 15 is 0 Å². The number of amides is 2. The number of hydrogen-bond donors (Lipinski definition) is 1. The van der Waals surface area contributed by atoms with Gasteiger partial charge in [-0.3, -0.25) is 19.7 Å². The fraction of sp³-hybridized carbons (Fsp3) is 0.0909. The first-order chi connectivity index (χ1) is 14.8. The monoisotopic (exact) mass is 437 g/mol. The standard InChI is InChI=1S/C22H19N3O5S/c1-24(2)22(27)31-18-11-8-15(9-12-18)23-21(26)19-14-16(25(28)29)10-13-20(19)30-17-6-4-3-5-7-17/h3-14H,1-2H3,(H,23,26). The molecule has 31 heavy (non-hydrogen) atoms. The Morgan fingerprint density at radius 2 is 1.68 bits per heavy atom. The van der Waals surface area contributed by atoms with Crippen LogP contribution in [0.3, 0.4) is 0 Å². The third-order valence-electron chi connectivity index (χ3n) is 4.07. The van der Waals surface area contributed by atoms with Crippen molar-refractivity contribution in [1.29, 1.82) is 0 Å². The molecule has 3 aromatic rings. The molecule has 0 aromatic heterocycles. The molecule has 0 atom stereocenters. The maximum absolute atomic E-state index is 12.9. The Morgan fingerprint density at radius 3 is 2.29 bits per heavy atom. The fourth-order valence-electron chi connectivity index (χ4n) is 2.51. The largest absolute Gasteiger partial charge is 0.457 e. The van der Waals surface area contributed by atoms with E-state index < -0.39 is 10.8 Å². The van der Waals surface area contributed by atoms with E-state index in [-0.39, 0.29) is 22.2 Å². The van der Waals surface area contributed by atoms with E-state index in [1.165, 1.54) is 23.1 Å². The number of rotatable bonds is 6. The predicted octanol–water partition coefficient (Wildman–Crippen LogP) is 5.41. The number of nitro benzene ring substituents is 1. The van der Waals surface area contributed by atoms with Crippen LogP contribution in [0.1, 0.15) is 10.4 Å². The van der Waals surface area contributed by atoms with Crippen molar-refractivity contribution in [1.82, 2.24) is 4.90 Å². The highest BCUT2D eigenvalue weighted by Crippen LogP contribution is 2.30. The van der Waals surface area contributed by atoms with Crippen LogP contribution in [0.2, 0.25) is 0 Å². The van der Waals surface area contributed by atoms with Gasteiger partial charge in [-0.25, -0.2) is 0 Å². The average molecular weight is 437 g/mol. The molecular weight excluding hydrogens is 418 g/mol. The lowest BCUT2D eigenvalue weighted by Crippen LogP contribution is -2.16. The van der Waals surface area contributed by atoms with Gasteiger partial charge < -0.3 is 15.0 Å². The van der Waals surface area contributed by atoms with E-state index in [4.69, 9.17) is 4.74 Å². The molecule has 0 aliphatic carbocycles. The lowest BCUT2D eigenvalue weighted by Gasteiger charge is -2.12. The minimum atomic E-state index is -0.573. The summed E-state index contributed by atoms with van der Waals surface area (Å²) in [6.45, 7) is 0. The van der Waals surface area contributed by atoms with Crippen LogP contribution in [0.4, 0.5) is 16.2 Å². The number of para-hydroxylation sites is 1. The molecule has 0 saturated carbocycles. The quantitative estimate of drug-likeness (QED) is 0.314. The van der Waals surface area contributed by atoms with Crippen molar-refractivity contribution < 1.29 is 19.2 Å². The molecule has 1 N–H and O–H groups in total. The van der Waals surface area contributed by atoms with Crippen LogP contribution in [0.5, 0.6) is 11.5 Å². The number of anilines is 1. The molecule has 0 heterocycles. The van der Waals surface area contributed by atoms with Gasteiger partial charge in [0.05, 0.1) is 10.5 Å². The van der Waals surface area contributed by atoms with Crippen LogP contribution in [-0.4, -0.2) is 35.1 Å². The molecule has 0 bridgehead atoms. The normalized spacial score (nSPS) is 10.3. The summed E-state index contributed by atoms with van der Waals surface area (Å²) in [5, 5.41) is 13.8. The van der Waals surface area contributed by atoms with E-state index in [1.807, 2.05) is 6.07 Å². The number of benzene rings is 3. The number of non-ortho nitro benzene ring substituents is 1. The van der Waals surface area contributed by atoms with E-state index in [0.29, 0.717) is 11.4 Å². The highest BCUT2D eigenvalue weighted by atomic mass is 32.2. The van der Waals surface area contributed by atoms with Gasteiger partial charge in [0.15, 0.2) is 0 Å². The van der Waals surface area contributed by atoms with Crippen molar-refractivity contribution in [2.45, 2.75) is 4.90 Å². The third-order valence-corrected chi connectivity index (χ3v) is 5.12. The minimum Gasteiger partial charge on any atom is -0.457 e. The molecule has 0 fully saturated rings. The number of ether oxygens (including phenoxy) is 1. The smallest absolute Gasteiger partial charge is 0.285 e. The maximum atomic E-state index is 12.9. The number of nitrogens with zero attached hydrogens (tertiary/aromatic N) is 2. The first-order valence-corrected chi connectivity index (χ1v) is 9.97. The van der Waals surface area contributed by atoms with E-state index in [1.54, 1.807) is 62.6 Å². The highest BCUT2D eigenvalue weighted by Gasteiger charge is 2.19. The Kier molecular flexibility index (Phi) is 6.88. The Hall–Kier alpha value is -3.85. The number of carbonyl (C=O) groups excluding carboxylic acids is 2. The average Bonchev–Trinajstić information content (AvgIpc) is 2.75. The van der Waals surface area contributed by atoms with Gasteiger partial charge in [0, 0.05) is 36.8 Å². The summed E-state index contributed by atoms with van der Waals surface area (Å²) in [5.74, 6) is 0.134. The SMILES string of the molecule is CN(C)C(=O)Sc1ccc(NC(=O)c2cc([N+](=O)[O-])ccc2Oc2ccccc2)cc1. The van der Waals surface area contributed by atoms with Crippen molar-refractivity contribution in [3.63, 3.8) is 0 Å². The molecule has 2 amide bonds. The predicted molar refractivity (Wildman–Crippen MR) is 119 cm³/mol. The molecule has 0 aliphatic heterocycles. The van der Waals surface area contributed by atoms with Gasteiger partial charge in [-0.05, 0) is 54.2 Å². The Balaban J connectivity index is 1.81. The molecule has 8 nitrogen and oxygen atoms in total. The zero-order valence-corrected chi connectivity index (χ0v) is 17.6. The van der Waals surface area contributed by atoms with E-state index in [9.17, 15) is 19.7 Å². The van der Waals surface area contributed by atoms with Gasteiger partial charge in [0.1, 0.15) is 11.5 Å². The van der Waals surface area contributed by atoms with Gasteiger partial charge in [-0.15, -0.1) is 0 Å². The molecule has 0 radical (unpaired) electrons.